The zero-order valence-electron chi connectivity index (χ0n) is 6.96. The van der Waals surface area contributed by atoms with Gasteiger partial charge in [-0.1, -0.05) is 0 Å². The molecule has 13 heavy (non-hydrogen) atoms. The van der Waals surface area contributed by atoms with Crippen molar-refractivity contribution in [3.63, 3.8) is 0 Å². The predicted molar refractivity (Wildman–Crippen MR) is 53.4 cm³/mol. The third-order valence-electron chi connectivity index (χ3n) is 2.05. The quantitative estimate of drug-likeness (QED) is 0.375. The summed E-state index contributed by atoms with van der Waals surface area (Å²) in [7, 11) is 0. The Hall–Kier alpha value is 0.380. The first-order chi connectivity index (χ1) is 5.20. The highest BCUT2D eigenvalue weighted by atomic mass is 35.5. The van der Waals surface area contributed by atoms with Gasteiger partial charge in [0.05, 0.1) is 24.9 Å². The van der Waals surface area contributed by atoms with Gasteiger partial charge < -0.3 is 26.4 Å². The van der Waals surface area contributed by atoms with Gasteiger partial charge in [0.25, 0.3) is 0 Å². The smallest absolute Gasteiger partial charge is 0.0989 e. The molecule has 0 spiro atoms. The van der Waals surface area contributed by atoms with Crippen molar-refractivity contribution in [1.82, 2.24) is 5.32 Å². The maximum absolute atomic E-state index is 9.26. The van der Waals surface area contributed by atoms with Gasteiger partial charge in [-0.2, -0.15) is 0 Å². The van der Waals surface area contributed by atoms with Gasteiger partial charge in [0, 0.05) is 12.6 Å². The van der Waals surface area contributed by atoms with Crippen LogP contribution in [-0.2, 0) is 0 Å². The molecule has 4 atom stereocenters. The van der Waals surface area contributed by atoms with E-state index in [1.54, 1.807) is 0 Å². The molecule has 1 aliphatic heterocycles. The minimum absolute atomic E-state index is 0. The van der Waals surface area contributed by atoms with Crippen LogP contribution in [0.4, 0.5) is 0 Å². The summed E-state index contributed by atoms with van der Waals surface area (Å²) in [6.45, 7) is 0.0729. The van der Waals surface area contributed by atoms with Crippen LogP contribution in [-0.4, -0.2) is 52.8 Å². The van der Waals surface area contributed by atoms with Gasteiger partial charge in [-0.15, -0.1) is 24.8 Å². The standard InChI is InChI=1S/C6H14N2O3.2ClH/c7-1-3-5(10)6(11)4(2-9)8-3;;/h3-6,8-11H,1-2,7H2;2*1H/t3-,4-,5+,6-;;/m1../s1. The molecular formula is C6H16Cl2N2O3. The molecule has 0 bridgehead atoms. The summed E-state index contributed by atoms with van der Waals surface area (Å²) in [6.07, 6.45) is -1.77. The monoisotopic (exact) mass is 234 g/mol. The molecule has 1 fully saturated rings. The minimum atomic E-state index is -0.909. The first-order valence-corrected chi connectivity index (χ1v) is 3.63. The predicted octanol–water partition coefficient (Wildman–Crippen LogP) is -2.16. The normalized spacial score (nSPS) is 37.8. The number of hydrogen-bond donors (Lipinski definition) is 5. The van der Waals surface area contributed by atoms with E-state index in [1.807, 2.05) is 0 Å². The van der Waals surface area contributed by atoms with Gasteiger partial charge in [0.2, 0.25) is 0 Å². The van der Waals surface area contributed by atoms with Crippen molar-refractivity contribution in [3.8, 4) is 0 Å². The summed E-state index contributed by atoms with van der Waals surface area (Å²) in [5, 5.41) is 30.0. The Bertz CT molecular complexity index is 123. The molecule has 5 nitrogen and oxygen atoms in total. The van der Waals surface area contributed by atoms with Gasteiger partial charge in [-0.05, 0) is 0 Å². The van der Waals surface area contributed by atoms with Crippen LogP contribution in [0.3, 0.4) is 0 Å². The van der Waals surface area contributed by atoms with Gasteiger partial charge in [-0.25, -0.2) is 0 Å². The van der Waals surface area contributed by atoms with Crippen molar-refractivity contribution >= 4 is 24.8 Å². The maximum atomic E-state index is 9.26. The summed E-state index contributed by atoms with van der Waals surface area (Å²) in [5.74, 6) is 0. The number of halogens is 2. The number of aliphatic hydroxyl groups excluding tert-OH is 3. The van der Waals surface area contributed by atoms with Gasteiger partial charge in [0.1, 0.15) is 0 Å². The first kappa shape index (κ1) is 15.8. The van der Waals surface area contributed by atoms with E-state index in [1.165, 1.54) is 0 Å². The fourth-order valence-corrected chi connectivity index (χ4v) is 1.32. The molecule has 1 aliphatic rings. The van der Waals surface area contributed by atoms with E-state index in [-0.39, 0.29) is 44.0 Å². The molecule has 0 aromatic rings. The Morgan fingerprint density at radius 1 is 1.08 bits per heavy atom. The van der Waals surface area contributed by atoms with Crippen LogP contribution >= 0.6 is 24.8 Å². The Morgan fingerprint density at radius 2 is 1.54 bits per heavy atom. The van der Waals surface area contributed by atoms with Crippen molar-refractivity contribution in [2.75, 3.05) is 13.2 Å². The number of rotatable bonds is 2. The fourth-order valence-electron chi connectivity index (χ4n) is 1.32. The van der Waals surface area contributed by atoms with E-state index in [2.05, 4.69) is 5.32 Å². The van der Waals surface area contributed by atoms with Crippen LogP contribution in [0.15, 0.2) is 0 Å². The van der Waals surface area contributed by atoms with Crippen molar-refractivity contribution in [2.24, 2.45) is 5.73 Å². The van der Waals surface area contributed by atoms with Crippen molar-refractivity contribution in [3.05, 3.63) is 0 Å². The molecule has 6 N–H and O–H groups in total. The summed E-state index contributed by atoms with van der Waals surface area (Å²) in [5.41, 5.74) is 5.29. The number of hydrogen-bond acceptors (Lipinski definition) is 5. The molecule has 0 amide bonds. The average Bonchev–Trinajstić information content (AvgIpc) is 2.30. The average molecular weight is 235 g/mol. The topological polar surface area (TPSA) is 98.7 Å². The number of nitrogens with one attached hydrogen (secondary N) is 1. The lowest BCUT2D eigenvalue weighted by Gasteiger charge is -2.12. The van der Waals surface area contributed by atoms with E-state index < -0.39 is 18.2 Å². The first-order valence-electron chi connectivity index (χ1n) is 3.63. The summed E-state index contributed by atoms with van der Waals surface area (Å²) in [4.78, 5) is 0. The minimum Gasteiger partial charge on any atom is -0.395 e. The second kappa shape index (κ2) is 6.78. The highest BCUT2D eigenvalue weighted by Gasteiger charge is 2.39. The lowest BCUT2D eigenvalue weighted by atomic mass is 10.1. The van der Waals surface area contributed by atoms with E-state index in [9.17, 15) is 10.2 Å². The highest BCUT2D eigenvalue weighted by Crippen LogP contribution is 2.12. The van der Waals surface area contributed by atoms with Crippen molar-refractivity contribution in [1.29, 1.82) is 0 Å². The van der Waals surface area contributed by atoms with E-state index in [4.69, 9.17) is 10.8 Å². The van der Waals surface area contributed by atoms with Gasteiger partial charge in [-0.3, -0.25) is 0 Å². The molecule has 0 aromatic heterocycles. The molecule has 7 heteroatoms. The largest absolute Gasteiger partial charge is 0.395 e. The summed E-state index contributed by atoms with van der Waals surface area (Å²) >= 11 is 0. The molecule has 1 heterocycles. The summed E-state index contributed by atoms with van der Waals surface area (Å²) < 4.78 is 0. The molecule has 0 saturated carbocycles. The third-order valence-corrected chi connectivity index (χ3v) is 2.05. The maximum Gasteiger partial charge on any atom is 0.0989 e. The van der Waals surface area contributed by atoms with Crippen LogP contribution in [0.25, 0.3) is 0 Å². The van der Waals surface area contributed by atoms with E-state index >= 15 is 0 Å². The zero-order valence-corrected chi connectivity index (χ0v) is 8.59. The molecule has 0 radical (unpaired) electrons. The van der Waals surface area contributed by atoms with Crippen LogP contribution in [0.5, 0.6) is 0 Å². The zero-order chi connectivity index (χ0) is 8.43. The second-order valence-corrected chi connectivity index (χ2v) is 2.78. The molecular weight excluding hydrogens is 219 g/mol. The highest BCUT2D eigenvalue weighted by molar-refractivity contribution is 5.85. The molecule has 1 saturated heterocycles. The van der Waals surface area contributed by atoms with Crippen LogP contribution < -0.4 is 11.1 Å². The van der Waals surface area contributed by atoms with Crippen molar-refractivity contribution < 1.29 is 15.3 Å². The lowest BCUT2D eigenvalue weighted by Crippen LogP contribution is -2.40. The van der Waals surface area contributed by atoms with E-state index in [0.29, 0.717) is 0 Å². The van der Waals surface area contributed by atoms with Crippen LogP contribution in [0, 0.1) is 0 Å². The number of nitrogens with two attached hydrogens (primary N) is 1. The van der Waals surface area contributed by atoms with Gasteiger partial charge in [0.15, 0.2) is 0 Å². The SMILES string of the molecule is Cl.Cl.NC[C@H]1N[C@H](CO)[C@@H](O)[C@H]1O. The van der Waals surface area contributed by atoms with Crippen molar-refractivity contribution in [2.45, 2.75) is 24.3 Å². The Balaban J connectivity index is 0. The van der Waals surface area contributed by atoms with Gasteiger partial charge >= 0.3 is 0 Å². The van der Waals surface area contributed by atoms with Crippen LogP contribution in [0.1, 0.15) is 0 Å². The third kappa shape index (κ3) is 3.21. The van der Waals surface area contributed by atoms with Crippen LogP contribution in [0.2, 0.25) is 0 Å². The molecule has 0 unspecified atom stereocenters. The number of aliphatic hydroxyl groups is 3. The Labute approximate surface area is 89.1 Å². The molecule has 0 aromatic carbocycles. The Morgan fingerprint density at radius 3 is 1.77 bits per heavy atom. The Kier molecular flexibility index (Phi) is 8.26. The molecule has 1 rings (SSSR count). The summed E-state index contributed by atoms with van der Waals surface area (Å²) in [6, 6.07) is -0.749. The fraction of sp³-hybridized carbons (Fsp3) is 1.00. The van der Waals surface area contributed by atoms with E-state index in [0.717, 1.165) is 0 Å². The molecule has 0 aliphatic carbocycles. The molecule has 82 valence electrons. The lowest BCUT2D eigenvalue weighted by molar-refractivity contribution is 0.0205. The second-order valence-electron chi connectivity index (χ2n) is 2.78.